The summed E-state index contributed by atoms with van der Waals surface area (Å²) in [5, 5.41) is 14.1. The lowest BCUT2D eigenvalue weighted by Gasteiger charge is -2.08. The Bertz CT molecular complexity index is 421. The van der Waals surface area contributed by atoms with Crippen molar-refractivity contribution in [2.75, 3.05) is 19.0 Å². The van der Waals surface area contributed by atoms with Gasteiger partial charge in [0.05, 0.1) is 18.6 Å². The Morgan fingerprint density at radius 2 is 2.38 bits per heavy atom. The number of nitro groups is 1. The fourth-order valence-corrected chi connectivity index (χ4v) is 1.28. The number of anilines is 1. The highest BCUT2D eigenvalue weighted by atomic mass is 35.5. The van der Waals surface area contributed by atoms with E-state index in [0.717, 1.165) is 0 Å². The number of nitrogens with one attached hydrogen (secondary N) is 1. The SMILES string of the molecule is C=C(Cl)CNc1cccc(OC)c1[N+](=O)[O-]. The maximum atomic E-state index is 10.9. The van der Waals surface area contributed by atoms with Crippen LogP contribution in [-0.2, 0) is 0 Å². The van der Waals surface area contributed by atoms with Gasteiger partial charge < -0.3 is 10.1 Å². The van der Waals surface area contributed by atoms with Crippen molar-refractivity contribution in [2.24, 2.45) is 0 Å². The third-order valence-electron chi connectivity index (χ3n) is 1.87. The molecule has 5 nitrogen and oxygen atoms in total. The molecule has 0 aliphatic rings. The summed E-state index contributed by atoms with van der Waals surface area (Å²) in [5.41, 5.74) is 0.245. The molecule has 0 saturated carbocycles. The highest BCUT2D eigenvalue weighted by Crippen LogP contribution is 2.34. The van der Waals surface area contributed by atoms with Crippen LogP contribution in [0.15, 0.2) is 29.8 Å². The molecule has 0 radical (unpaired) electrons. The minimum absolute atomic E-state index is 0.108. The highest BCUT2D eigenvalue weighted by Gasteiger charge is 2.19. The molecule has 0 fully saturated rings. The van der Waals surface area contributed by atoms with Gasteiger partial charge in [0, 0.05) is 5.03 Å². The van der Waals surface area contributed by atoms with Gasteiger partial charge in [-0.25, -0.2) is 0 Å². The molecule has 0 spiro atoms. The van der Waals surface area contributed by atoms with Crippen molar-refractivity contribution in [3.05, 3.63) is 39.9 Å². The Labute approximate surface area is 97.8 Å². The largest absolute Gasteiger partial charge is 0.490 e. The Hall–Kier alpha value is -1.75. The second-order valence-electron chi connectivity index (χ2n) is 2.98. The molecule has 0 aliphatic heterocycles. The second-order valence-corrected chi connectivity index (χ2v) is 3.52. The summed E-state index contributed by atoms with van der Waals surface area (Å²) in [6.45, 7) is 3.75. The summed E-state index contributed by atoms with van der Waals surface area (Å²) in [6.07, 6.45) is 0. The Balaban J connectivity index is 3.07. The zero-order valence-electron chi connectivity index (χ0n) is 8.70. The van der Waals surface area contributed by atoms with E-state index in [1.165, 1.54) is 13.2 Å². The predicted molar refractivity (Wildman–Crippen MR) is 63.1 cm³/mol. The van der Waals surface area contributed by atoms with E-state index in [1.807, 2.05) is 0 Å². The molecule has 16 heavy (non-hydrogen) atoms. The van der Waals surface area contributed by atoms with Crippen molar-refractivity contribution >= 4 is 23.0 Å². The second kappa shape index (κ2) is 5.37. The maximum Gasteiger partial charge on any atom is 0.333 e. The predicted octanol–water partition coefficient (Wildman–Crippen LogP) is 2.77. The van der Waals surface area contributed by atoms with Crippen LogP contribution < -0.4 is 10.1 Å². The molecule has 1 aromatic rings. The van der Waals surface area contributed by atoms with Crippen LogP contribution in [0, 0.1) is 10.1 Å². The van der Waals surface area contributed by atoms with Crippen LogP contribution in [0.1, 0.15) is 0 Å². The quantitative estimate of drug-likeness (QED) is 0.637. The molecule has 0 aromatic heterocycles. The lowest BCUT2D eigenvalue weighted by Crippen LogP contribution is -2.05. The molecule has 0 amide bonds. The van der Waals surface area contributed by atoms with Crippen LogP contribution in [0.4, 0.5) is 11.4 Å². The van der Waals surface area contributed by atoms with Gasteiger partial charge in [0.1, 0.15) is 5.69 Å². The first kappa shape index (κ1) is 12.3. The van der Waals surface area contributed by atoms with Gasteiger partial charge >= 0.3 is 5.69 Å². The first-order valence-corrected chi connectivity index (χ1v) is 4.82. The summed E-state index contributed by atoms with van der Waals surface area (Å²) in [4.78, 5) is 10.4. The zero-order valence-corrected chi connectivity index (χ0v) is 9.45. The first-order chi connectivity index (χ1) is 7.56. The number of nitrogens with zero attached hydrogens (tertiary/aromatic N) is 1. The summed E-state index contributed by atoms with van der Waals surface area (Å²) < 4.78 is 4.92. The third-order valence-corrected chi connectivity index (χ3v) is 2.01. The minimum atomic E-state index is -0.502. The number of nitro benzene ring substituents is 1. The molecule has 0 aliphatic carbocycles. The fraction of sp³-hybridized carbons (Fsp3) is 0.200. The molecule has 0 atom stereocenters. The Kier molecular flexibility index (Phi) is 4.13. The number of hydrogen-bond acceptors (Lipinski definition) is 4. The maximum absolute atomic E-state index is 10.9. The van der Waals surface area contributed by atoms with E-state index in [1.54, 1.807) is 12.1 Å². The normalized spacial score (nSPS) is 9.62. The topological polar surface area (TPSA) is 64.4 Å². The number of hydrogen-bond donors (Lipinski definition) is 1. The number of halogens is 1. The molecule has 1 rings (SSSR count). The van der Waals surface area contributed by atoms with Crippen molar-refractivity contribution in [2.45, 2.75) is 0 Å². The Morgan fingerprint density at radius 3 is 2.88 bits per heavy atom. The smallest absolute Gasteiger partial charge is 0.333 e. The van der Waals surface area contributed by atoms with E-state index in [0.29, 0.717) is 10.7 Å². The van der Waals surface area contributed by atoms with Gasteiger partial charge in [-0.2, -0.15) is 0 Å². The van der Waals surface area contributed by atoms with Crippen molar-refractivity contribution in [1.82, 2.24) is 0 Å². The van der Waals surface area contributed by atoms with Gasteiger partial charge in [-0.3, -0.25) is 10.1 Å². The molecule has 0 unspecified atom stereocenters. The van der Waals surface area contributed by atoms with E-state index in [-0.39, 0.29) is 18.0 Å². The van der Waals surface area contributed by atoms with Gasteiger partial charge in [-0.1, -0.05) is 24.2 Å². The van der Waals surface area contributed by atoms with Gasteiger partial charge in [-0.15, -0.1) is 0 Å². The van der Waals surface area contributed by atoms with E-state index >= 15 is 0 Å². The van der Waals surface area contributed by atoms with Crippen molar-refractivity contribution < 1.29 is 9.66 Å². The van der Waals surface area contributed by atoms with Crippen molar-refractivity contribution in [1.29, 1.82) is 0 Å². The first-order valence-electron chi connectivity index (χ1n) is 4.44. The average molecular weight is 243 g/mol. The molecule has 6 heteroatoms. The van der Waals surface area contributed by atoms with Gasteiger partial charge in [0.25, 0.3) is 0 Å². The van der Waals surface area contributed by atoms with Crippen LogP contribution in [-0.4, -0.2) is 18.6 Å². The summed E-state index contributed by atoms with van der Waals surface area (Å²) in [7, 11) is 1.38. The lowest BCUT2D eigenvalue weighted by atomic mass is 10.2. The van der Waals surface area contributed by atoms with Crippen LogP contribution >= 0.6 is 11.6 Å². The molecular formula is C10H11ClN2O3. The third kappa shape index (κ3) is 2.87. The van der Waals surface area contributed by atoms with Crippen molar-refractivity contribution in [3.63, 3.8) is 0 Å². The van der Waals surface area contributed by atoms with E-state index in [9.17, 15) is 10.1 Å². The summed E-state index contributed by atoms with van der Waals surface area (Å²) in [6, 6.07) is 4.77. The van der Waals surface area contributed by atoms with E-state index in [4.69, 9.17) is 16.3 Å². The number of ether oxygens (including phenoxy) is 1. The standard InChI is InChI=1S/C10H11ClN2O3/c1-7(11)6-12-8-4-3-5-9(16-2)10(8)13(14)15/h3-5,12H,1,6H2,2H3. The van der Waals surface area contributed by atoms with Crippen LogP contribution in [0.25, 0.3) is 0 Å². The summed E-state index contributed by atoms with van der Waals surface area (Å²) >= 11 is 5.58. The number of benzene rings is 1. The van der Waals surface area contributed by atoms with Crippen LogP contribution in [0.3, 0.4) is 0 Å². The van der Waals surface area contributed by atoms with Crippen molar-refractivity contribution in [3.8, 4) is 5.75 Å². The number of methoxy groups -OCH3 is 1. The summed E-state index contributed by atoms with van der Waals surface area (Å²) in [5.74, 6) is 0.204. The Morgan fingerprint density at radius 1 is 1.69 bits per heavy atom. The average Bonchev–Trinajstić information content (AvgIpc) is 2.25. The van der Waals surface area contributed by atoms with Gasteiger partial charge in [-0.05, 0) is 12.1 Å². The number of rotatable bonds is 5. The zero-order chi connectivity index (χ0) is 12.1. The molecule has 1 aromatic carbocycles. The van der Waals surface area contributed by atoms with E-state index < -0.39 is 4.92 Å². The van der Waals surface area contributed by atoms with Crippen LogP contribution in [0.5, 0.6) is 5.75 Å². The molecule has 0 heterocycles. The van der Waals surface area contributed by atoms with E-state index in [2.05, 4.69) is 11.9 Å². The highest BCUT2D eigenvalue weighted by molar-refractivity contribution is 6.29. The van der Waals surface area contributed by atoms with Gasteiger partial charge in [0.15, 0.2) is 5.75 Å². The monoisotopic (exact) mass is 242 g/mol. The fourth-order valence-electron chi connectivity index (χ4n) is 1.21. The molecule has 0 saturated heterocycles. The molecular weight excluding hydrogens is 232 g/mol. The number of para-hydroxylation sites is 1. The minimum Gasteiger partial charge on any atom is -0.490 e. The molecule has 0 bridgehead atoms. The van der Waals surface area contributed by atoms with Gasteiger partial charge in [0.2, 0.25) is 0 Å². The lowest BCUT2D eigenvalue weighted by molar-refractivity contribution is -0.384. The molecule has 1 N–H and O–H groups in total. The molecule has 86 valence electrons. The van der Waals surface area contributed by atoms with Crippen LogP contribution in [0.2, 0.25) is 0 Å².